The van der Waals surface area contributed by atoms with Gasteiger partial charge in [-0.15, -0.1) is 11.8 Å². The zero-order chi connectivity index (χ0) is 25.7. The van der Waals surface area contributed by atoms with Crippen LogP contribution in [0.5, 0.6) is 0 Å². The molecule has 0 bridgehead atoms. The molecule has 1 atom stereocenters. The second-order valence-corrected chi connectivity index (χ2v) is 13.0. The average molecular weight is 576 g/mol. The van der Waals surface area contributed by atoms with Crippen LogP contribution < -0.4 is 0 Å². The van der Waals surface area contributed by atoms with Crippen LogP contribution in [0.25, 0.3) is 22.4 Å². The first-order valence-electron chi connectivity index (χ1n) is 11.6. The maximum Gasteiger partial charge on any atom is 0.115 e. The predicted octanol–water partition coefficient (Wildman–Crippen LogP) is 8.25. The molecule has 6 heteroatoms. The number of halogens is 1. The van der Waals surface area contributed by atoms with E-state index < -0.39 is 10.8 Å². The van der Waals surface area contributed by atoms with Gasteiger partial charge in [0.05, 0.1) is 22.1 Å². The Hall–Kier alpha value is -2.72. The lowest BCUT2D eigenvalue weighted by Gasteiger charge is -2.19. The lowest BCUT2D eigenvalue weighted by atomic mass is 9.87. The van der Waals surface area contributed by atoms with Crippen LogP contribution in [-0.4, -0.2) is 20.7 Å². The lowest BCUT2D eigenvalue weighted by molar-refractivity contribution is 0.589. The quantitative estimate of drug-likeness (QED) is 0.208. The molecule has 0 radical (unpaired) electrons. The molecule has 0 fully saturated rings. The number of aromatic nitrogens is 1. The van der Waals surface area contributed by atoms with Crippen molar-refractivity contribution in [1.82, 2.24) is 4.98 Å². The van der Waals surface area contributed by atoms with E-state index in [1.807, 2.05) is 72.8 Å². The molecule has 1 aromatic heterocycles. The third-order valence-corrected chi connectivity index (χ3v) is 8.95. The van der Waals surface area contributed by atoms with Crippen LogP contribution in [0.3, 0.4) is 0 Å². The first kappa shape index (κ1) is 26.3. The van der Waals surface area contributed by atoms with Gasteiger partial charge in [0.25, 0.3) is 0 Å². The molecule has 3 aromatic carbocycles. The molecule has 0 aliphatic carbocycles. The summed E-state index contributed by atoms with van der Waals surface area (Å²) in [6, 6.07) is 30.3. The fourth-order valence-electron chi connectivity index (χ4n) is 3.79. The van der Waals surface area contributed by atoms with Crippen molar-refractivity contribution in [3.8, 4) is 28.5 Å². The fraction of sp³-hybridized carbons (Fsp3) is 0.200. The van der Waals surface area contributed by atoms with Crippen LogP contribution in [-0.2, 0) is 16.2 Å². The van der Waals surface area contributed by atoms with E-state index >= 15 is 0 Å². The Balaban J connectivity index is 1.60. The highest BCUT2D eigenvalue weighted by Gasteiger charge is 2.17. The molecule has 0 saturated heterocycles. The van der Waals surface area contributed by atoms with Crippen LogP contribution in [0.4, 0.5) is 0 Å². The minimum absolute atomic E-state index is 0.0611. The third-order valence-electron chi connectivity index (χ3n) is 5.81. The van der Waals surface area contributed by atoms with Gasteiger partial charge in [0.15, 0.2) is 0 Å². The van der Waals surface area contributed by atoms with Crippen molar-refractivity contribution >= 4 is 38.5 Å². The molecule has 0 amide bonds. The zero-order valence-corrected chi connectivity index (χ0v) is 23.7. The molecule has 0 spiro atoms. The van der Waals surface area contributed by atoms with Crippen molar-refractivity contribution in [3.63, 3.8) is 0 Å². The number of benzene rings is 3. The second-order valence-electron chi connectivity index (χ2n) is 9.39. The summed E-state index contributed by atoms with van der Waals surface area (Å²) in [7, 11) is -1.12. The Labute approximate surface area is 228 Å². The first-order chi connectivity index (χ1) is 17.3. The van der Waals surface area contributed by atoms with Crippen molar-refractivity contribution in [1.29, 1.82) is 5.26 Å². The van der Waals surface area contributed by atoms with E-state index in [1.54, 1.807) is 0 Å². The lowest BCUT2D eigenvalue weighted by Crippen LogP contribution is -2.11. The predicted molar refractivity (Wildman–Crippen MR) is 155 cm³/mol. The topological polar surface area (TPSA) is 53.8 Å². The van der Waals surface area contributed by atoms with E-state index in [9.17, 15) is 9.47 Å². The number of hydrogen-bond donors (Lipinski definition) is 0. The van der Waals surface area contributed by atoms with Crippen molar-refractivity contribution in [3.05, 3.63) is 101 Å². The summed E-state index contributed by atoms with van der Waals surface area (Å²) >= 11 is 4.98. The van der Waals surface area contributed by atoms with E-state index in [1.165, 1.54) is 17.3 Å². The highest BCUT2D eigenvalue weighted by Crippen LogP contribution is 2.34. The van der Waals surface area contributed by atoms with Gasteiger partial charge in [-0.2, -0.15) is 5.26 Å². The monoisotopic (exact) mass is 574 g/mol. The van der Waals surface area contributed by atoms with Gasteiger partial charge >= 0.3 is 0 Å². The SMILES string of the molecule is CC(C)(C)c1ccc(S(=O)CCSc2nc(-c3ccc(Br)cc3)cc(-c3ccccc3)c2C#N)cc1. The largest absolute Gasteiger partial charge is 0.254 e. The van der Waals surface area contributed by atoms with Crippen molar-refractivity contribution < 1.29 is 4.21 Å². The van der Waals surface area contributed by atoms with Gasteiger partial charge in [-0.05, 0) is 46.9 Å². The molecule has 4 rings (SSSR count). The van der Waals surface area contributed by atoms with Crippen LogP contribution in [0, 0.1) is 11.3 Å². The highest BCUT2D eigenvalue weighted by atomic mass is 79.9. The van der Waals surface area contributed by atoms with Crippen molar-refractivity contribution in [2.45, 2.75) is 36.1 Å². The van der Waals surface area contributed by atoms with Gasteiger partial charge in [-0.1, -0.05) is 91.3 Å². The third kappa shape index (κ3) is 6.34. The number of nitrogens with zero attached hydrogens (tertiary/aromatic N) is 2. The fourth-order valence-corrected chi connectivity index (χ4v) is 6.32. The molecule has 3 nitrogen and oxygen atoms in total. The summed E-state index contributed by atoms with van der Waals surface area (Å²) in [6.07, 6.45) is 0. The molecule has 0 N–H and O–H groups in total. The van der Waals surface area contributed by atoms with Gasteiger partial charge in [-0.3, -0.25) is 4.21 Å². The standard InChI is InChI=1S/C30H27BrN2OS2/c1-30(2,3)23-11-15-25(16-12-23)36(34)18-17-35-29-27(20-32)26(21-7-5-4-6-8-21)19-28(33-29)22-9-13-24(31)14-10-22/h4-16,19H,17-18H2,1-3H3. The van der Waals surface area contributed by atoms with E-state index in [0.29, 0.717) is 22.1 Å². The van der Waals surface area contributed by atoms with Gasteiger partial charge < -0.3 is 0 Å². The maximum absolute atomic E-state index is 13.0. The molecule has 182 valence electrons. The molecule has 0 aliphatic heterocycles. The maximum atomic E-state index is 13.0. The first-order valence-corrected chi connectivity index (χ1v) is 14.7. The van der Waals surface area contributed by atoms with E-state index in [2.05, 4.69) is 54.9 Å². The Morgan fingerprint density at radius 3 is 2.22 bits per heavy atom. The van der Waals surface area contributed by atoms with Gasteiger partial charge in [0.1, 0.15) is 11.1 Å². The highest BCUT2D eigenvalue weighted by molar-refractivity contribution is 9.10. The van der Waals surface area contributed by atoms with Crippen LogP contribution in [0.15, 0.2) is 99.3 Å². The zero-order valence-electron chi connectivity index (χ0n) is 20.5. The van der Waals surface area contributed by atoms with Crippen molar-refractivity contribution in [2.24, 2.45) is 0 Å². The number of thioether (sulfide) groups is 1. The Kier molecular flexibility index (Phi) is 8.46. The Morgan fingerprint density at radius 2 is 1.61 bits per heavy atom. The molecule has 1 heterocycles. The van der Waals surface area contributed by atoms with E-state index in [4.69, 9.17) is 4.98 Å². The molecule has 36 heavy (non-hydrogen) atoms. The second kappa shape index (κ2) is 11.6. The normalized spacial score (nSPS) is 12.2. The molecule has 4 aromatic rings. The average Bonchev–Trinajstić information content (AvgIpc) is 2.88. The summed E-state index contributed by atoms with van der Waals surface area (Å²) < 4.78 is 14.0. The summed E-state index contributed by atoms with van der Waals surface area (Å²) in [5.74, 6) is 1.07. The molecule has 0 saturated carbocycles. The minimum Gasteiger partial charge on any atom is -0.254 e. The molecular formula is C30H27BrN2OS2. The van der Waals surface area contributed by atoms with Crippen LogP contribution in [0.2, 0.25) is 0 Å². The summed E-state index contributed by atoms with van der Waals surface area (Å²) in [5, 5.41) is 10.7. The molecule has 1 unspecified atom stereocenters. The Bertz CT molecular complexity index is 1410. The molecule has 0 aliphatic rings. The minimum atomic E-state index is -1.12. The van der Waals surface area contributed by atoms with Crippen molar-refractivity contribution in [2.75, 3.05) is 11.5 Å². The van der Waals surface area contributed by atoms with Crippen LogP contribution >= 0.6 is 27.7 Å². The van der Waals surface area contributed by atoms with Gasteiger partial charge in [0, 0.05) is 32.0 Å². The summed E-state index contributed by atoms with van der Waals surface area (Å²) in [5.41, 5.74) is 5.44. The summed E-state index contributed by atoms with van der Waals surface area (Å²) in [6.45, 7) is 6.50. The Morgan fingerprint density at radius 1 is 0.944 bits per heavy atom. The van der Waals surface area contributed by atoms with Gasteiger partial charge in [-0.25, -0.2) is 4.98 Å². The van der Waals surface area contributed by atoms with Gasteiger partial charge in [0.2, 0.25) is 0 Å². The van der Waals surface area contributed by atoms with E-state index in [0.717, 1.165) is 31.8 Å². The number of nitriles is 1. The molecular weight excluding hydrogens is 548 g/mol. The van der Waals surface area contributed by atoms with E-state index in [-0.39, 0.29) is 5.41 Å². The number of rotatable bonds is 7. The summed E-state index contributed by atoms with van der Waals surface area (Å²) in [4.78, 5) is 5.69. The number of hydrogen-bond acceptors (Lipinski definition) is 4. The van der Waals surface area contributed by atoms with Crippen LogP contribution in [0.1, 0.15) is 31.9 Å². The smallest absolute Gasteiger partial charge is 0.115 e. The number of pyridine rings is 1.